The van der Waals surface area contributed by atoms with Crippen LogP contribution in [-0.2, 0) is 12.6 Å². The molecule has 1 saturated heterocycles. The van der Waals surface area contributed by atoms with Crippen molar-refractivity contribution in [3.05, 3.63) is 17.7 Å². The highest BCUT2D eigenvalue weighted by Crippen LogP contribution is 2.32. The molecule has 3 rings (SSSR count). The fraction of sp³-hybridized carbons (Fsp3) is 0.667. The van der Waals surface area contributed by atoms with Crippen molar-refractivity contribution < 1.29 is 17.6 Å². The van der Waals surface area contributed by atoms with Gasteiger partial charge < -0.3 is 10.6 Å². The van der Waals surface area contributed by atoms with Crippen molar-refractivity contribution in [3.8, 4) is 0 Å². The second kappa shape index (κ2) is 6.74. The second-order valence-electron chi connectivity index (χ2n) is 6.61. The summed E-state index contributed by atoms with van der Waals surface area (Å²) >= 11 is 0. The molecule has 2 atom stereocenters. The van der Waals surface area contributed by atoms with Crippen molar-refractivity contribution >= 4 is 11.5 Å². The molecule has 0 aliphatic carbocycles. The van der Waals surface area contributed by atoms with E-state index >= 15 is 0 Å². The number of anilines is 1. The van der Waals surface area contributed by atoms with Crippen LogP contribution in [0.2, 0.25) is 0 Å². The summed E-state index contributed by atoms with van der Waals surface area (Å²) in [6, 6.07) is -0.474. The Kier molecular flexibility index (Phi) is 4.81. The molecule has 25 heavy (non-hydrogen) atoms. The smallest absolute Gasteiger partial charge is 0.347 e. The van der Waals surface area contributed by atoms with E-state index in [4.69, 9.17) is 0 Å². The summed E-state index contributed by atoms with van der Waals surface area (Å²) in [5.41, 5.74) is -1.20. The van der Waals surface area contributed by atoms with E-state index in [0.717, 1.165) is 10.7 Å². The molecule has 138 valence electrons. The molecule has 0 saturated carbocycles. The number of hydrogen-bond acceptors (Lipinski definition) is 5. The Hall–Kier alpha value is -1.97. The van der Waals surface area contributed by atoms with Crippen LogP contribution in [0.5, 0.6) is 0 Å². The normalized spacial score (nSPS) is 21.9. The molecular weight excluding hydrogens is 340 g/mol. The van der Waals surface area contributed by atoms with Gasteiger partial charge in [0.2, 0.25) is 5.95 Å². The standard InChI is InChI=1S/C15H20F4N6/c1-8(2)5-12-23-13(15(17,18)19)11-7-21-14(24-25(11)12)22-10-3-4-20-6-9(10)16/h7-10,20H,3-6H2,1-2H3,(H,22,24)/t9-,10-/m1/s1. The molecule has 0 aromatic carbocycles. The van der Waals surface area contributed by atoms with E-state index in [9.17, 15) is 17.6 Å². The largest absolute Gasteiger partial charge is 0.435 e. The third-order valence-corrected chi connectivity index (χ3v) is 4.04. The van der Waals surface area contributed by atoms with Crippen LogP contribution in [0.4, 0.5) is 23.5 Å². The van der Waals surface area contributed by atoms with E-state index in [1.807, 2.05) is 13.8 Å². The van der Waals surface area contributed by atoms with Gasteiger partial charge in [-0.1, -0.05) is 13.8 Å². The quantitative estimate of drug-likeness (QED) is 0.820. The van der Waals surface area contributed by atoms with Gasteiger partial charge in [-0.2, -0.15) is 13.2 Å². The van der Waals surface area contributed by atoms with Gasteiger partial charge in [0.15, 0.2) is 5.69 Å². The number of aromatic nitrogens is 4. The maximum atomic E-state index is 13.9. The van der Waals surface area contributed by atoms with Gasteiger partial charge in [0.25, 0.3) is 0 Å². The SMILES string of the molecule is CC(C)Cc1nc(C(F)(F)F)c2cnc(N[C@@H]3CCNC[C@H]3F)nn12. The lowest BCUT2D eigenvalue weighted by Crippen LogP contribution is -2.45. The van der Waals surface area contributed by atoms with Crippen LogP contribution < -0.4 is 10.6 Å². The van der Waals surface area contributed by atoms with Crippen molar-refractivity contribution in [1.82, 2.24) is 24.9 Å². The highest BCUT2D eigenvalue weighted by Gasteiger charge is 2.37. The number of fused-ring (bicyclic) bond motifs is 1. The first-order chi connectivity index (χ1) is 11.8. The summed E-state index contributed by atoms with van der Waals surface area (Å²) in [5, 5.41) is 9.95. The topological polar surface area (TPSA) is 67.1 Å². The number of piperidine rings is 1. The van der Waals surface area contributed by atoms with Crippen molar-refractivity contribution in [2.45, 2.75) is 45.1 Å². The Balaban J connectivity index is 1.97. The molecule has 6 nitrogen and oxygen atoms in total. The number of rotatable bonds is 4. The zero-order chi connectivity index (χ0) is 18.2. The number of nitrogens with one attached hydrogen (secondary N) is 2. The van der Waals surface area contributed by atoms with Crippen molar-refractivity contribution in [3.63, 3.8) is 0 Å². The molecule has 1 aliphatic heterocycles. The van der Waals surface area contributed by atoms with Crippen LogP contribution in [0, 0.1) is 5.92 Å². The third kappa shape index (κ3) is 3.83. The van der Waals surface area contributed by atoms with Gasteiger partial charge in [0.1, 0.15) is 17.5 Å². The van der Waals surface area contributed by atoms with Gasteiger partial charge in [0.05, 0.1) is 12.2 Å². The highest BCUT2D eigenvalue weighted by molar-refractivity contribution is 5.53. The van der Waals surface area contributed by atoms with E-state index in [1.165, 1.54) is 0 Å². The number of imidazole rings is 1. The zero-order valence-corrected chi connectivity index (χ0v) is 13.9. The average Bonchev–Trinajstić information content (AvgIpc) is 2.87. The Morgan fingerprint density at radius 1 is 1.40 bits per heavy atom. The van der Waals surface area contributed by atoms with Gasteiger partial charge in [0, 0.05) is 13.0 Å². The molecule has 0 amide bonds. The molecule has 0 radical (unpaired) electrons. The summed E-state index contributed by atoms with van der Waals surface area (Å²) in [4.78, 5) is 7.66. The van der Waals surface area contributed by atoms with Gasteiger partial charge >= 0.3 is 6.18 Å². The van der Waals surface area contributed by atoms with Gasteiger partial charge in [-0.05, 0) is 18.9 Å². The molecule has 0 spiro atoms. The minimum Gasteiger partial charge on any atom is -0.347 e. The lowest BCUT2D eigenvalue weighted by atomic mass is 10.1. The number of nitrogens with zero attached hydrogens (tertiary/aromatic N) is 4. The van der Waals surface area contributed by atoms with Crippen molar-refractivity contribution in [2.24, 2.45) is 5.92 Å². The molecule has 0 unspecified atom stereocenters. The Morgan fingerprint density at radius 2 is 2.16 bits per heavy atom. The first-order valence-electron chi connectivity index (χ1n) is 8.19. The van der Waals surface area contributed by atoms with E-state index in [2.05, 4.69) is 25.7 Å². The number of alkyl halides is 4. The summed E-state index contributed by atoms with van der Waals surface area (Å²) in [5.74, 6) is 0.417. The summed E-state index contributed by atoms with van der Waals surface area (Å²) in [6.07, 6.45) is -3.73. The number of halogens is 4. The molecule has 0 bridgehead atoms. The zero-order valence-electron chi connectivity index (χ0n) is 13.9. The van der Waals surface area contributed by atoms with Gasteiger partial charge in [-0.25, -0.2) is 18.9 Å². The lowest BCUT2D eigenvalue weighted by Gasteiger charge is -2.27. The molecule has 2 aromatic rings. The first-order valence-corrected chi connectivity index (χ1v) is 8.19. The predicted octanol–water partition coefficient (Wildman–Crippen LogP) is 2.45. The molecule has 2 aromatic heterocycles. The molecule has 10 heteroatoms. The third-order valence-electron chi connectivity index (χ3n) is 4.04. The molecular formula is C15H20F4N6. The van der Waals surface area contributed by atoms with Crippen molar-refractivity contribution in [2.75, 3.05) is 18.4 Å². The van der Waals surface area contributed by atoms with E-state index in [1.54, 1.807) is 0 Å². The Morgan fingerprint density at radius 3 is 2.80 bits per heavy atom. The maximum Gasteiger partial charge on any atom is 0.435 e. The fourth-order valence-corrected chi connectivity index (χ4v) is 2.86. The van der Waals surface area contributed by atoms with E-state index in [0.29, 0.717) is 19.4 Å². The predicted molar refractivity (Wildman–Crippen MR) is 84.1 cm³/mol. The molecule has 2 N–H and O–H groups in total. The highest BCUT2D eigenvalue weighted by atomic mass is 19.4. The summed E-state index contributed by atoms with van der Waals surface area (Å²) in [6.45, 7) is 4.65. The molecule has 1 aliphatic rings. The first kappa shape index (κ1) is 17.8. The number of hydrogen-bond donors (Lipinski definition) is 2. The second-order valence-corrected chi connectivity index (χ2v) is 6.61. The maximum absolute atomic E-state index is 13.9. The molecule has 1 fully saturated rings. The monoisotopic (exact) mass is 360 g/mol. The minimum atomic E-state index is -4.59. The fourth-order valence-electron chi connectivity index (χ4n) is 2.86. The van der Waals surface area contributed by atoms with Crippen LogP contribution in [0.15, 0.2) is 6.20 Å². The minimum absolute atomic E-state index is 0.0955. The summed E-state index contributed by atoms with van der Waals surface area (Å²) < 4.78 is 54.6. The molecule has 3 heterocycles. The van der Waals surface area contributed by atoms with Crippen LogP contribution >= 0.6 is 0 Å². The van der Waals surface area contributed by atoms with Crippen LogP contribution in [0.1, 0.15) is 31.8 Å². The average molecular weight is 360 g/mol. The lowest BCUT2D eigenvalue weighted by molar-refractivity contribution is -0.139. The van der Waals surface area contributed by atoms with Gasteiger partial charge in [-0.3, -0.25) is 0 Å². The van der Waals surface area contributed by atoms with Crippen LogP contribution in [0.3, 0.4) is 0 Å². The Labute approximate surface area is 142 Å². The van der Waals surface area contributed by atoms with Crippen LogP contribution in [0.25, 0.3) is 5.52 Å². The van der Waals surface area contributed by atoms with E-state index in [-0.39, 0.29) is 29.8 Å². The van der Waals surface area contributed by atoms with Gasteiger partial charge in [-0.15, -0.1) is 5.10 Å². The van der Waals surface area contributed by atoms with E-state index < -0.39 is 24.1 Å². The van der Waals surface area contributed by atoms with Crippen LogP contribution in [-0.4, -0.2) is 44.9 Å². The Bertz CT molecular complexity index is 741. The van der Waals surface area contributed by atoms with Crippen molar-refractivity contribution in [1.29, 1.82) is 0 Å². The summed E-state index contributed by atoms with van der Waals surface area (Å²) in [7, 11) is 0.